The summed E-state index contributed by atoms with van der Waals surface area (Å²) in [6.07, 6.45) is 0.962. The third-order valence-electron chi connectivity index (χ3n) is 1.84. The van der Waals surface area contributed by atoms with Crippen molar-refractivity contribution in [3.05, 3.63) is 12.7 Å². The fourth-order valence-corrected chi connectivity index (χ4v) is 1.05. The summed E-state index contributed by atoms with van der Waals surface area (Å²) in [7, 11) is 0. The van der Waals surface area contributed by atoms with Gasteiger partial charge >= 0.3 is 5.97 Å². The molecule has 0 aliphatic carbocycles. The van der Waals surface area contributed by atoms with Crippen molar-refractivity contribution < 1.29 is 34.0 Å². The molecule has 0 amide bonds. The van der Waals surface area contributed by atoms with Crippen LogP contribution >= 0.6 is 0 Å². The highest BCUT2D eigenvalue weighted by Gasteiger charge is 2.24. The molecule has 19 heavy (non-hydrogen) atoms. The minimum Gasteiger partial charge on any atom is -0.428 e. The van der Waals surface area contributed by atoms with Crippen molar-refractivity contribution in [1.82, 2.24) is 0 Å². The average molecular weight is 278 g/mol. The van der Waals surface area contributed by atoms with Gasteiger partial charge in [0.05, 0.1) is 39.6 Å². The first-order valence-corrected chi connectivity index (χ1v) is 5.93. The third kappa shape index (κ3) is 11.8. The topological polar surface area (TPSA) is 94.5 Å². The Balaban J connectivity index is 3.42. The van der Waals surface area contributed by atoms with E-state index < -0.39 is 11.8 Å². The molecular weight excluding hydrogens is 256 g/mol. The second-order valence-electron chi connectivity index (χ2n) is 3.80. The maximum Gasteiger partial charge on any atom is 0.332 e. The van der Waals surface area contributed by atoms with Crippen molar-refractivity contribution in [2.45, 2.75) is 12.7 Å². The molecule has 0 aromatic rings. The third-order valence-corrected chi connectivity index (χ3v) is 1.84. The van der Waals surface area contributed by atoms with E-state index in [9.17, 15) is 9.90 Å². The maximum absolute atomic E-state index is 10.9. The molecule has 0 rings (SSSR count). The fraction of sp³-hybridized carbons (Fsp3) is 0.750. The van der Waals surface area contributed by atoms with E-state index in [0.29, 0.717) is 19.8 Å². The van der Waals surface area contributed by atoms with Gasteiger partial charge < -0.3 is 29.2 Å². The number of carbonyl (C=O) groups excluding carboxylic acids is 1. The van der Waals surface area contributed by atoms with Gasteiger partial charge in [0.2, 0.25) is 5.79 Å². The highest BCUT2D eigenvalue weighted by Crippen LogP contribution is 2.06. The summed E-state index contributed by atoms with van der Waals surface area (Å²) in [5.74, 6) is -2.40. The first-order valence-electron chi connectivity index (χ1n) is 5.93. The van der Waals surface area contributed by atoms with Gasteiger partial charge in [-0.15, -0.1) is 0 Å². The fourth-order valence-electron chi connectivity index (χ4n) is 1.05. The summed E-state index contributed by atoms with van der Waals surface area (Å²) in [5.41, 5.74) is 0. The van der Waals surface area contributed by atoms with Crippen LogP contribution in [0.4, 0.5) is 0 Å². The molecule has 112 valence electrons. The summed E-state index contributed by atoms with van der Waals surface area (Å²) in [6, 6.07) is 0. The Kier molecular flexibility index (Phi) is 10.3. The highest BCUT2D eigenvalue weighted by atomic mass is 16.7. The smallest absolute Gasteiger partial charge is 0.332 e. The second-order valence-corrected chi connectivity index (χ2v) is 3.80. The van der Waals surface area contributed by atoms with Crippen molar-refractivity contribution in [2.75, 3.05) is 46.2 Å². The highest BCUT2D eigenvalue weighted by molar-refractivity contribution is 5.81. The van der Waals surface area contributed by atoms with Crippen LogP contribution in [0.5, 0.6) is 0 Å². The van der Waals surface area contributed by atoms with Gasteiger partial charge in [-0.05, 0) is 0 Å². The van der Waals surface area contributed by atoms with Crippen LogP contribution in [0.15, 0.2) is 12.7 Å². The predicted octanol–water partition coefficient (Wildman–Crippen LogP) is -0.534. The van der Waals surface area contributed by atoms with Gasteiger partial charge in [0.1, 0.15) is 6.61 Å². The number of esters is 1. The Morgan fingerprint density at radius 2 is 1.68 bits per heavy atom. The van der Waals surface area contributed by atoms with Gasteiger partial charge in [0, 0.05) is 13.0 Å². The number of aliphatic hydroxyl groups excluding tert-OH is 1. The summed E-state index contributed by atoms with van der Waals surface area (Å²) in [6.45, 7) is 6.03. The van der Waals surface area contributed by atoms with Crippen LogP contribution < -0.4 is 0 Å². The molecule has 0 heterocycles. The number of rotatable bonds is 12. The van der Waals surface area contributed by atoms with E-state index in [0.717, 1.165) is 6.08 Å². The van der Waals surface area contributed by atoms with Crippen molar-refractivity contribution in [3.63, 3.8) is 0 Å². The van der Waals surface area contributed by atoms with Gasteiger partial charge in [-0.3, -0.25) is 0 Å². The zero-order valence-corrected chi connectivity index (χ0v) is 11.2. The molecule has 7 nitrogen and oxygen atoms in total. The zero-order chi connectivity index (χ0) is 14.6. The molecule has 0 fully saturated rings. The zero-order valence-electron chi connectivity index (χ0n) is 11.2. The minimum atomic E-state index is -1.69. The lowest BCUT2D eigenvalue weighted by molar-refractivity contribution is -0.216. The van der Waals surface area contributed by atoms with Gasteiger partial charge in [-0.25, -0.2) is 4.79 Å². The molecule has 1 atom stereocenters. The number of ether oxygens (including phenoxy) is 4. The van der Waals surface area contributed by atoms with Crippen molar-refractivity contribution in [3.8, 4) is 0 Å². The monoisotopic (exact) mass is 278 g/mol. The molecule has 0 bridgehead atoms. The number of carbonyl (C=O) groups is 1. The van der Waals surface area contributed by atoms with Crippen LogP contribution in [-0.4, -0.2) is 68.2 Å². The largest absolute Gasteiger partial charge is 0.428 e. The Bertz CT molecular complexity index is 252. The summed E-state index contributed by atoms with van der Waals surface area (Å²) in [5, 5.41) is 18.1. The number of aliphatic hydroxyl groups is 2. The molecule has 0 spiro atoms. The van der Waals surface area contributed by atoms with E-state index >= 15 is 0 Å². The molecule has 0 saturated carbocycles. The molecule has 0 aliphatic heterocycles. The lowest BCUT2D eigenvalue weighted by Crippen LogP contribution is -2.36. The average Bonchev–Trinajstić information content (AvgIpc) is 2.36. The summed E-state index contributed by atoms with van der Waals surface area (Å²) >= 11 is 0. The van der Waals surface area contributed by atoms with Gasteiger partial charge in [0.15, 0.2) is 0 Å². The van der Waals surface area contributed by atoms with Crippen LogP contribution in [0.25, 0.3) is 0 Å². The Morgan fingerprint density at radius 1 is 1.16 bits per heavy atom. The molecule has 1 unspecified atom stereocenters. The first-order chi connectivity index (χ1) is 9.02. The van der Waals surface area contributed by atoms with E-state index in [1.807, 2.05) is 0 Å². The van der Waals surface area contributed by atoms with Gasteiger partial charge in [0.25, 0.3) is 0 Å². The van der Waals surface area contributed by atoms with Crippen molar-refractivity contribution in [2.24, 2.45) is 0 Å². The Hall–Kier alpha value is -0.990. The first kappa shape index (κ1) is 18.0. The van der Waals surface area contributed by atoms with E-state index in [1.165, 1.54) is 6.92 Å². The number of hydrogen-bond donors (Lipinski definition) is 2. The van der Waals surface area contributed by atoms with E-state index in [-0.39, 0.29) is 26.4 Å². The molecule has 0 aromatic carbocycles. The van der Waals surface area contributed by atoms with E-state index in [4.69, 9.17) is 19.3 Å². The molecule has 2 N–H and O–H groups in total. The molecule has 0 radical (unpaired) electrons. The van der Waals surface area contributed by atoms with Crippen LogP contribution in [0.1, 0.15) is 6.92 Å². The minimum absolute atomic E-state index is 0.0123. The maximum atomic E-state index is 10.9. The standard InChI is InChI=1S/C12H22O7/c1-3-11(14)19-12(2,15)10-18-9-8-17-7-6-16-5-4-13/h3,13,15H,1,4-10H2,2H3. The lowest BCUT2D eigenvalue weighted by Gasteiger charge is -2.22. The quantitative estimate of drug-likeness (QED) is 0.214. The Labute approximate surface area is 112 Å². The molecular formula is C12H22O7. The number of hydrogen-bond acceptors (Lipinski definition) is 7. The molecule has 0 aromatic heterocycles. The Morgan fingerprint density at radius 3 is 2.21 bits per heavy atom. The van der Waals surface area contributed by atoms with E-state index in [1.54, 1.807) is 0 Å². The second kappa shape index (κ2) is 10.9. The van der Waals surface area contributed by atoms with Crippen molar-refractivity contribution >= 4 is 5.97 Å². The van der Waals surface area contributed by atoms with Gasteiger partial charge in [-0.1, -0.05) is 6.58 Å². The van der Waals surface area contributed by atoms with Gasteiger partial charge in [-0.2, -0.15) is 0 Å². The molecule has 0 aliphatic rings. The van der Waals surface area contributed by atoms with Crippen LogP contribution in [0.2, 0.25) is 0 Å². The summed E-state index contributed by atoms with van der Waals surface area (Å²) < 4.78 is 19.9. The van der Waals surface area contributed by atoms with Crippen LogP contribution in [0.3, 0.4) is 0 Å². The lowest BCUT2D eigenvalue weighted by atomic mass is 10.3. The summed E-state index contributed by atoms with van der Waals surface area (Å²) in [4.78, 5) is 10.9. The van der Waals surface area contributed by atoms with Crippen LogP contribution in [0, 0.1) is 0 Å². The van der Waals surface area contributed by atoms with Crippen molar-refractivity contribution in [1.29, 1.82) is 0 Å². The normalized spacial score (nSPS) is 13.8. The molecule has 7 heteroatoms. The van der Waals surface area contributed by atoms with E-state index in [2.05, 4.69) is 11.3 Å². The SMILES string of the molecule is C=CC(=O)OC(C)(O)COCCOCCOCCO. The predicted molar refractivity (Wildman–Crippen MR) is 66.5 cm³/mol. The molecule has 0 saturated heterocycles. The van der Waals surface area contributed by atoms with Crippen LogP contribution in [-0.2, 0) is 23.7 Å².